The summed E-state index contributed by atoms with van der Waals surface area (Å²) in [6.07, 6.45) is 4.37. The van der Waals surface area contributed by atoms with E-state index >= 15 is 0 Å². The zero-order valence-electron chi connectivity index (χ0n) is 11.9. The largest absolute Gasteiger partial charge is 0.478 e. The average molecular weight is 275 g/mol. The molecule has 1 heterocycles. The fourth-order valence-electron chi connectivity index (χ4n) is 2.71. The lowest BCUT2D eigenvalue weighted by atomic mass is 9.94. The van der Waals surface area contributed by atoms with Crippen molar-refractivity contribution in [3.05, 3.63) is 34.9 Å². The standard InChI is InChI=1S/C16H21NO3/c1-2-3-4-8-15(18)17-10-9-13-12(11-17)6-5-7-14(13)16(19)20/h5-7H,2-4,8-11H2,1H3,(H,19,20). The quantitative estimate of drug-likeness (QED) is 0.841. The molecule has 4 heteroatoms. The van der Waals surface area contributed by atoms with Gasteiger partial charge in [0.25, 0.3) is 0 Å². The SMILES string of the molecule is CCCCCC(=O)N1CCc2c(cccc2C(=O)O)C1. The summed E-state index contributed by atoms with van der Waals surface area (Å²) in [7, 11) is 0. The first-order chi connectivity index (χ1) is 9.63. The first-order valence-corrected chi connectivity index (χ1v) is 7.25. The van der Waals surface area contributed by atoms with Crippen LogP contribution in [0.25, 0.3) is 0 Å². The molecule has 0 saturated carbocycles. The Hall–Kier alpha value is -1.84. The van der Waals surface area contributed by atoms with Gasteiger partial charge < -0.3 is 10.0 Å². The first kappa shape index (κ1) is 14.6. The second-order valence-corrected chi connectivity index (χ2v) is 5.27. The maximum Gasteiger partial charge on any atom is 0.335 e. The minimum atomic E-state index is -0.885. The Morgan fingerprint density at radius 3 is 2.80 bits per heavy atom. The van der Waals surface area contributed by atoms with Gasteiger partial charge in [-0.2, -0.15) is 0 Å². The maximum atomic E-state index is 12.1. The zero-order valence-corrected chi connectivity index (χ0v) is 11.9. The van der Waals surface area contributed by atoms with Gasteiger partial charge in [0.2, 0.25) is 5.91 Å². The molecule has 4 nitrogen and oxygen atoms in total. The molecule has 1 aliphatic heterocycles. The molecular formula is C16H21NO3. The molecule has 1 aliphatic rings. The van der Waals surface area contributed by atoms with E-state index in [0.717, 1.165) is 30.4 Å². The van der Waals surface area contributed by atoms with E-state index in [9.17, 15) is 14.7 Å². The summed E-state index contributed by atoms with van der Waals surface area (Å²) >= 11 is 0. The lowest BCUT2D eigenvalue weighted by molar-refractivity contribution is -0.132. The van der Waals surface area contributed by atoms with Crippen LogP contribution in [0.5, 0.6) is 0 Å². The molecule has 0 fully saturated rings. The number of hydrogen-bond acceptors (Lipinski definition) is 2. The van der Waals surface area contributed by atoms with Crippen molar-refractivity contribution in [1.82, 2.24) is 4.90 Å². The molecule has 108 valence electrons. The second kappa shape index (κ2) is 6.55. The van der Waals surface area contributed by atoms with Crippen LogP contribution in [0.2, 0.25) is 0 Å². The van der Waals surface area contributed by atoms with Crippen molar-refractivity contribution >= 4 is 11.9 Å². The molecule has 0 aromatic heterocycles. The Balaban J connectivity index is 2.06. The summed E-state index contributed by atoms with van der Waals surface area (Å²) in [5.74, 6) is -0.700. The molecule has 2 rings (SSSR count). The van der Waals surface area contributed by atoms with Gasteiger partial charge >= 0.3 is 5.97 Å². The number of hydrogen-bond donors (Lipinski definition) is 1. The van der Waals surface area contributed by atoms with Crippen LogP contribution in [-0.4, -0.2) is 28.4 Å². The topological polar surface area (TPSA) is 57.6 Å². The normalized spacial score (nSPS) is 13.9. The fourth-order valence-corrected chi connectivity index (χ4v) is 2.71. The molecule has 1 aromatic carbocycles. The molecule has 0 spiro atoms. The summed E-state index contributed by atoms with van der Waals surface area (Å²) in [6, 6.07) is 5.32. The van der Waals surface area contributed by atoms with Gasteiger partial charge in [0.05, 0.1) is 5.56 Å². The van der Waals surface area contributed by atoms with Crippen LogP contribution in [0.1, 0.15) is 54.1 Å². The van der Waals surface area contributed by atoms with Crippen LogP contribution in [0, 0.1) is 0 Å². The number of carbonyl (C=O) groups is 2. The Morgan fingerprint density at radius 1 is 1.30 bits per heavy atom. The van der Waals surface area contributed by atoms with E-state index in [2.05, 4.69) is 6.92 Å². The van der Waals surface area contributed by atoms with Crippen molar-refractivity contribution in [3.8, 4) is 0 Å². The summed E-state index contributed by atoms with van der Waals surface area (Å²) in [5.41, 5.74) is 2.23. The van der Waals surface area contributed by atoms with Crippen LogP contribution < -0.4 is 0 Å². The number of carbonyl (C=O) groups excluding carboxylic acids is 1. The Morgan fingerprint density at radius 2 is 2.10 bits per heavy atom. The number of fused-ring (bicyclic) bond motifs is 1. The summed E-state index contributed by atoms with van der Waals surface area (Å²) in [5, 5.41) is 9.18. The van der Waals surface area contributed by atoms with Crippen LogP contribution in [0.4, 0.5) is 0 Å². The number of nitrogens with zero attached hydrogens (tertiary/aromatic N) is 1. The molecule has 1 aromatic rings. The van der Waals surface area contributed by atoms with Gasteiger partial charge in [-0.25, -0.2) is 4.79 Å². The molecule has 0 unspecified atom stereocenters. The number of amides is 1. The second-order valence-electron chi connectivity index (χ2n) is 5.27. The van der Waals surface area contributed by atoms with Gasteiger partial charge in [0, 0.05) is 19.5 Å². The van der Waals surface area contributed by atoms with Crippen molar-refractivity contribution < 1.29 is 14.7 Å². The minimum absolute atomic E-state index is 0.185. The van der Waals surface area contributed by atoms with Crippen molar-refractivity contribution in [3.63, 3.8) is 0 Å². The predicted octanol–water partition coefficient (Wildman–Crippen LogP) is 2.85. The summed E-state index contributed by atoms with van der Waals surface area (Å²) in [6.45, 7) is 3.29. The van der Waals surface area contributed by atoms with Gasteiger partial charge in [-0.15, -0.1) is 0 Å². The molecule has 1 N–H and O–H groups in total. The Labute approximate surface area is 119 Å². The van der Waals surface area contributed by atoms with E-state index in [4.69, 9.17) is 0 Å². The number of aromatic carboxylic acids is 1. The summed E-state index contributed by atoms with van der Waals surface area (Å²) in [4.78, 5) is 25.1. The molecule has 0 radical (unpaired) electrons. The highest BCUT2D eigenvalue weighted by Crippen LogP contribution is 2.23. The number of carboxylic acid groups (broad SMARTS) is 1. The van der Waals surface area contributed by atoms with Crippen LogP contribution in [0.15, 0.2) is 18.2 Å². The average Bonchev–Trinajstić information content (AvgIpc) is 2.46. The van der Waals surface area contributed by atoms with Crippen molar-refractivity contribution in [1.29, 1.82) is 0 Å². The molecular weight excluding hydrogens is 254 g/mol. The summed E-state index contributed by atoms with van der Waals surface area (Å²) < 4.78 is 0. The number of benzene rings is 1. The molecule has 0 saturated heterocycles. The molecule has 0 bridgehead atoms. The highest BCUT2D eigenvalue weighted by molar-refractivity contribution is 5.90. The van der Waals surface area contributed by atoms with Gasteiger partial charge in [-0.1, -0.05) is 31.9 Å². The fraction of sp³-hybridized carbons (Fsp3) is 0.500. The van der Waals surface area contributed by atoms with Crippen molar-refractivity contribution in [2.75, 3.05) is 6.54 Å². The third kappa shape index (κ3) is 3.18. The zero-order chi connectivity index (χ0) is 14.5. The number of rotatable bonds is 5. The van der Waals surface area contributed by atoms with Crippen LogP contribution in [0.3, 0.4) is 0 Å². The molecule has 1 amide bonds. The monoisotopic (exact) mass is 275 g/mol. The van der Waals surface area contributed by atoms with Crippen molar-refractivity contribution in [2.24, 2.45) is 0 Å². The van der Waals surface area contributed by atoms with Gasteiger partial charge in [0.15, 0.2) is 0 Å². The highest BCUT2D eigenvalue weighted by atomic mass is 16.4. The lowest BCUT2D eigenvalue weighted by Crippen LogP contribution is -2.36. The lowest BCUT2D eigenvalue weighted by Gasteiger charge is -2.29. The first-order valence-electron chi connectivity index (χ1n) is 7.25. The van der Waals surface area contributed by atoms with Gasteiger partial charge in [-0.3, -0.25) is 4.79 Å². The van der Waals surface area contributed by atoms with E-state index < -0.39 is 5.97 Å². The van der Waals surface area contributed by atoms with Gasteiger partial charge in [0.1, 0.15) is 0 Å². The predicted molar refractivity (Wildman–Crippen MR) is 76.7 cm³/mol. The molecule has 0 aliphatic carbocycles. The Bertz CT molecular complexity index is 510. The molecule has 0 atom stereocenters. The van der Waals surface area contributed by atoms with Crippen molar-refractivity contribution in [2.45, 2.75) is 45.6 Å². The van der Waals surface area contributed by atoms with E-state index in [1.165, 1.54) is 0 Å². The number of carboxylic acids is 1. The highest BCUT2D eigenvalue weighted by Gasteiger charge is 2.23. The van der Waals surface area contributed by atoms with E-state index in [1.807, 2.05) is 11.0 Å². The van der Waals surface area contributed by atoms with Crippen LogP contribution >= 0.6 is 0 Å². The third-order valence-electron chi connectivity index (χ3n) is 3.84. The molecule has 20 heavy (non-hydrogen) atoms. The smallest absolute Gasteiger partial charge is 0.335 e. The minimum Gasteiger partial charge on any atom is -0.478 e. The maximum absolute atomic E-state index is 12.1. The van der Waals surface area contributed by atoms with E-state index in [0.29, 0.717) is 31.5 Å². The third-order valence-corrected chi connectivity index (χ3v) is 3.84. The number of unbranched alkanes of at least 4 members (excludes halogenated alkanes) is 2. The van der Waals surface area contributed by atoms with Crippen LogP contribution in [-0.2, 0) is 17.8 Å². The van der Waals surface area contributed by atoms with Gasteiger partial charge in [-0.05, 0) is 30.0 Å². The van der Waals surface area contributed by atoms with E-state index in [1.54, 1.807) is 12.1 Å². The Kier molecular flexibility index (Phi) is 4.77. The van der Waals surface area contributed by atoms with E-state index in [-0.39, 0.29) is 5.91 Å².